The van der Waals surface area contributed by atoms with Crippen LogP contribution >= 0.6 is 0 Å². The van der Waals surface area contributed by atoms with Gasteiger partial charge in [0.1, 0.15) is 5.69 Å². The Morgan fingerprint density at radius 1 is 1.13 bits per heavy atom. The zero-order chi connectivity index (χ0) is 17.1. The van der Waals surface area contributed by atoms with Crippen LogP contribution in [0.25, 0.3) is 0 Å². The molecule has 0 bridgehead atoms. The van der Waals surface area contributed by atoms with Gasteiger partial charge in [-0.15, -0.1) is 0 Å². The number of rotatable bonds is 4. The van der Waals surface area contributed by atoms with Crippen LogP contribution in [0.1, 0.15) is 50.2 Å². The molecule has 1 aromatic heterocycles. The first kappa shape index (κ1) is 16.8. The lowest BCUT2D eigenvalue weighted by Gasteiger charge is -2.12. The summed E-state index contributed by atoms with van der Waals surface area (Å²) in [6.45, 7) is 9.45. The molecular formula is C18H22N2O3. The molecule has 2 rings (SSSR count). The molecule has 0 aliphatic heterocycles. The molecule has 2 aromatic rings. The molecule has 0 saturated carbocycles. The van der Waals surface area contributed by atoms with E-state index in [2.05, 4.69) is 10.3 Å². The molecular weight excluding hydrogens is 292 g/mol. The summed E-state index contributed by atoms with van der Waals surface area (Å²) >= 11 is 0. The molecule has 1 heterocycles. The molecule has 2 N–H and O–H groups in total. The molecule has 0 aliphatic rings. The Bertz CT molecular complexity index is 740. The second kappa shape index (κ2) is 6.69. The van der Waals surface area contributed by atoms with Gasteiger partial charge in [0.2, 0.25) is 0 Å². The number of anilines is 1. The largest absolute Gasteiger partial charge is 0.461 e. The van der Waals surface area contributed by atoms with Gasteiger partial charge in [-0.1, -0.05) is 18.2 Å². The average molecular weight is 314 g/mol. The number of amides is 1. The molecule has 5 nitrogen and oxygen atoms in total. The van der Waals surface area contributed by atoms with Gasteiger partial charge in [0.15, 0.2) is 0 Å². The third-order valence-electron chi connectivity index (χ3n) is 3.86. The number of nitrogens with one attached hydrogen (secondary N) is 2. The fourth-order valence-corrected chi connectivity index (χ4v) is 2.69. The molecule has 5 heteroatoms. The van der Waals surface area contributed by atoms with E-state index in [0.29, 0.717) is 29.1 Å². The van der Waals surface area contributed by atoms with E-state index in [0.717, 1.165) is 16.8 Å². The number of carbonyl (C=O) groups excluding carboxylic acids is 2. The van der Waals surface area contributed by atoms with Gasteiger partial charge in [0, 0.05) is 11.4 Å². The van der Waals surface area contributed by atoms with Gasteiger partial charge in [-0.2, -0.15) is 0 Å². The topological polar surface area (TPSA) is 71.2 Å². The van der Waals surface area contributed by atoms with E-state index in [1.165, 1.54) is 0 Å². The Hall–Kier alpha value is -2.56. The predicted molar refractivity (Wildman–Crippen MR) is 90.1 cm³/mol. The fourth-order valence-electron chi connectivity index (χ4n) is 2.69. The van der Waals surface area contributed by atoms with Crippen molar-refractivity contribution in [2.45, 2.75) is 34.6 Å². The minimum Gasteiger partial charge on any atom is -0.461 e. The summed E-state index contributed by atoms with van der Waals surface area (Å²) in [6, 6.07) is 5.85. The monoisotopic (exact) mass is 314 g/mol. The van der Waals surface area contributed by atoms with Crippen molar-refractivity contribution in [3.63, 3.8) is 0 Å². The van der Waals surface area contributed by atoms with E-state index >= 15 is 0 Å². The number of carbonyl (C=O) groups is 2. The number of hydrogen-bond donors (Lipinski definition) is 2. The van der Waals surface area contributed by atoms with Gasteiger partial charge in [0.05, 0.1) is 12.2 Å². The zero-order valence-electron chi connectivity index (χ0n) is 14.2. The Labute approximate surface area is 136 Å². The van der Waals surface area contributed by atoms with Gasteiger partial charge in [-0.05, 0) is 51.3 Å². The van der Waals surface area contributed by atoms with Crippen molar-refractivity contribution in [2.75, 3.05) is 11.9 Å². The first-order chi connectivity index (χ1) is 10.9. The maximum atomic E-state index is 12.7. The molecule has 0 unspecified atom stereocenters. The Kier molecular flexibility index (Phi) is 4.89. The highest BCUT2D eigenvalue weighted by Crippen LogP contribution is 2.24. The number of hydrogen-bond acceptors (Lipinski definition) is 3. The van der Waals surface area contributed by atoms with Crippen LogP contribution in [-0.2, 0) is 4.74 Å². The number of aromatic nitrogens is 1. The van der Waals surface area contributed by atoms with E-state index in [9.17, 15) is 9.59 Å². The van der Waals surface area contributed by atoms with Crippen LogP contribution in [0, 0.1) is 27.7 Å². The molecule has 122 valence electrons. The summed E-state index contributed by atoms with van der Waals surface area (Å²) in [7, 11) is 0. The number of esters is 1. The Morgan fingerprint density at radius 2 is 1.74 bits per heavy atom. The van der Waals surface area contributed by atoms with Crippen molar-refractivity contribution >= 4 is 17.6 Å². The van der Waals surface area contributed by atoms with Gasteiger partial charge in [0.25, 0.3) is 5.91 Å². The van der Waals surface area contributed by atoms with Crippen LogP contribution in [-0.4, -0.2) is 23.5 Å². The normalized spacial score (nSPS) is 10.5. The standard InChI is InChI=1S/C18H22N2O3/c1-6-23-18(22)16-12(4)14(13(5)19-16)17(21)20-15-10(2)8-7-9-11(15)3/h7-9,19H,6H2,1-5H3,(H,20,21). The highest BCUT2D eigenvalue weighted by molar-refractivity contribution is 6.08. The molecule has 0 atom stereocenters. The second-order valence-corrected chi connectivity index (χ2v) is 5.57. The van der Waals surface area contributed by atoms with Gasteiger partial charge in [-0.3, -0.25) is 4.79 Å². The van der Waals surface area contributed by atoms with Gasteiger partial charge < -0.3 is 15.0 Å². The predicted octanol–water partition coefficient (Wildman–Crippen LogP) is 3.68. The molecule has 1 aromatic carbocycles. The summed E-state index contributed by atoms with van der Waals surface area (Å²) in [6.07, 6.45) is 0. The summed E-state index contributed by atoms with van der Waals surface area (Å²) in [4.78, 5) is 27.6. The Balaban J connectivity index is 2.35. The maximum Gasteiger partial charge on any atom is 0.355 e. The van der Waals surface area contributed by atoms with E-state index in [1.807, 2.05) is 32.0 Å². The van der Waals surface area contributed by atoms with Crippen molar-refractivity contribution in [3.05, 3.63) is 51.8 Å². The second-order valence-electron chi connectivity index (χ2n) is 5.57. The number of ether oxygens (including phenoxy) is 1. The number of aromatic amines is 1. The number of benzene rings is 1. The molecule has 0 spiro atoms. The van der Waals surface area contributed by atoms with E-state index in [-0.39, 0.29) is 5.91 Å². The quantitative estimate of drug-likeness (QED) is 0.846. The van der Waals surface area contributed by atoms with Crippen molar-refractivity contribution in [1.29, 1.82) is 0 Å². The number of aryl methyl sites for hydroxylation is 3. The summed E-state index contributed by atoms with van der Waals surface area (Å²) < 4.78 is 5.01. The summed E-state index contributed by atoms with van der Waals surface area (Å²) in [5, 5.41) is 2.95. The van der Waals surface area contributed by atoms with Crippen LogP contribution in [0.3, 0.4) is 0 Å². The highest BCUT2D eigenvalue weighted by atomic mass is 16.5. The molecule has 0 radical (unpaired) electrons. The molecule has 23 heavy (non-hydrogen) atoms. The zero-order valence-corrected chi connectivity index (χ0v) is 14.2. The first-order valence-corrected chi connectivity index (χ1v) is 7.60. The van der Waals surface area contributed by atoms with Crippen LogP contribution < -0.4 is 5.32 Å². The van der Waals surface area contributed by atoms with Crippen LogP contribution in [0.4, 0.5) is 5.69 Å². The summed E-state index contributed by atoms with van der Waals surface area (Å²) in [5.41, 5.74) is 4.85. The molecule has 0 fully saturated rings. The average Bonchev–Trinajstić information content (AvgIpc) is 2.78. The highest BCUT2D eigenvalue weighted by Gasteiger charge is 2.23. The van der Waals surface area contributed by atoms with Crippen molar-refractivity contribution in [2.24, 2.45) is 0 Å². The third kappa shape index (κ3) is 3.28. The molecule has 0 aliphatic carbocycles. The van der Waals surface area contributed by atoms with Gasteiger partial charge in [-0.25, -0.2) is 4.79 Å². The van der Waals surface area contributed by atoms with Crippen molar-refractivity contribution in [3.8, 4) is 0 Å². The maximum absolute atomic E-state index is 12.7. The SMILES string of the molecule is CCOC(=O)c1[nH]c(C)c(C(=O)Nc2c(C)cccc2C)c1C. The van der Waals surface area contributed by atoms with E-state index in [1.54, 1.807) is 20.8 Å². The molecule has 1 amide bonds. The third-order valence-corrected chi connectivity index (χ3v) is 3.86. The summed E-state index contributed by atoms with van der Waals surface area (Å²) in [5.74, 6) is -0.677. The van der Waals surface area contributed by atoms with Crippen LogP contribution in [0.15, 0.2) is 18.2 Å². The lowest BCUT2D eigenvalue weighted by Crippen LogP contribution is -2.15. The smallest absolute Gasteiger partial charge is 0.355 e. The number of H-pyrrole nitrogens is 1. The van der Waals surface area contributed by atoms with E-state index < -0.39 is 5.97 Å². The first-order valence-electron chi connectivity index (χ1n) is 7.60. The van der Waals surface area contributed by atoms with Crippen LogP contribution in [0.5, 0.6) is 0 Å². The van der Waals surface area contributed by atoms with Crippen molar-refractivity contribution in [1.82, 2.24) is 4.98 Å². The lowest BCUT2D eigenvalue weighted by molar-refractivity contribution is 0.0519. The fraction of sp³-hybridized carbons (Fsp3) is 0.333. The van der Waals surface area contributed by atoms with Crippen molar-refractivity contribution < 1.29 is 14.3 Å². The van der Waals surface area contributed by atoms with E-state index in [4.69, 9.17) is 4.74 Å². The lowest BCUT2D eigenvalue weighted by atomic mass is 10.1. The Morgan fingerprint density at radius 3 is 2.30 bits per heavy atom. The van der Waals surface area contributed by atoms with Crippen LogP contribution in [0.2, 0.25) is 0 Å². The minimum atomic E-state index is -0.445. The molecule has 0 saturated heterocycles. The number of para-hydroxylation sites is 1. The van der Waals surface area contributed by atoms with Gasteiger partial charge >= 0.3 is 5.97 Å². The minimum absolute atomic E-state index is 0.232.